The first kappa shape index (κ1) is 25.8. The number of hydrogen-bond acceptors (Lipinski definition) is 7. The molecule has 35 heavy (non-hydrogen) atoms. The first-order chi connectivity index (χ1) is 16.2. The Hall–Kier alpha value is -2.28. The Morgan fingerprint density at radius 1 is 1.03 bits per heavy atom. The number of benzene rings is 1. The van der Waals surface area contributed by atoms with Gasteiger partial charge in [-0.15, -0.1) is 0 Å². The SMILES string of the molecule is O=C(OCC12CC3CC(CC(CO)(C3)C1)C2)C(F)(F)S(=O)(=O)O/N=C(/c1ccccc1)C(F)(F)F. The van der Waals surface area contributed by atoms with Crippen LogP contribution >= 0.6 is 0 Å². The zero-order chi connectivity index (χ0) is 25.7. The molecule has 2 atom stereocenters. The summed E-state index contributed by atoms with van der Waals surface area (Å²) in [5, 5.41) is 7.00. The lowest BCUT2D eigenvalue weighted by molar-refractivity contribution is -0.181. The molecule has 13 heteroatoms. The summed E-state index contributed by atoms with van der Waals surface area (Å²) in [7, 11) is -6.25. The molecule has 4 bridgehead atoms. The van der Waals surface area contributed by atoms with Gasteiger partial charge in [-0.05, 0) is 55.8 Å². The number of ether oxygens (including phenoxy) is 1. The number of aliphatic hydroxyl groups is 1. The number of aliphatic hydroxyl groups excluding tert-OH is 1. The van der Waals surface area contributed by atoms with Crippen LogP contribution in [0, 0.1) is 22.7 Å². The molecule has 1 aromatic rings. The number of carbonyl (C=O) groups is 1. The molecular formula is C22H24F5NO6S. The van der Waals surface area contributed by atoms with Crippen molar-refractivity contribution in [1.82, 2.24) is 0 Å². The van der Waals surface area contributed by atoms with E-state index in [0.717, 1.165) is 31.4 Å². The van der Waals surface area contributed by atoms with E-state index in [1.54, 1.807) is 0 Å². The molecule has 5 rings (SSSR count). The molecule has 2 unspecified atom stereocenters. The maximum atomic E-state index is 14.5. The molecule has 0 radical (unpaired) electrons. The van der Waals surface area contributed by atoms with E-state index in [9.17, 15) is 40.3 Å². The number of halogens is 5. The molecular weight excluding hydrogens is 501 g/mol. The zero-order valence-corrected chi connectivity index (χ0v) is 19.2. The van der Waals surface area contributed by atoms with Crippen LogP contribution in [-0.2, 0) is 23.9 Å². The van der Waals surface area contributed by atoms with Crippen molar-refractivity contribution in [1.29, 1.82) is 0 Å². The molecule has 0 heterocycles. The monoisotopic (exact) mass is 525 g/mol. The van der Waals surface area contributed by atoms with E-state index in [0.29, 0.717) is 19.3 Å². The third-order valence-electron chi connectivity index (χ3n) is 7.24. The van der Waals surface area contributed by atoms with Crippen LogP contribution in [0.5, 0.6) is 0 Å². The molecule has 4 saturated carbocycles. The lowest BCUT2D eigenvalue weighted by Gasteiger charge is -2.61. The predicted octanol–water partition coefficient (Wildman–Crippen LogP) is 4.01. The van der Waals surface area contributed by atoms with Crippen LogP contribution in [0.15, 0.2) is 35.5 Å². The molecule has 194 valence electrons. The van der Waals surface area contributed by atoms with Gasteiger partial charge in [-0.25, -0.2) is 4.79 Å². The fraction of sp³-hybridized carbons (Fsp3) is 0.636. The summed E-state index contributed by atoms with van der Waals surface area (Å²) in [6, 6.07) is 5.63. The number of carbonyl (C=O) groups excluding carboxylic acids is 1. The fourth-order valence-corrected chi connectivity index (χ4v) is 6.93. The zero-order valence-electron chi connectivity index (χ0n) is 18.4. The number of nitrogens with zero attached hydrogens (tertiary/aromatic N) is 1. The van der Waals surface area contributed by atoms with E-state index >= 15 is 0 Å². The first-order valence-electron chi connectivity index (χ1n) is 11.0. The van der Waals surface area contributed by atoms with Crippen molar-refractivity contribution >= 4 is 21.8 Å². The lowest BCUT2D eigenvalue weighted by atomic mass is 9.44. The van der Waals surface area contributed by atoms with Gasteiger partial charge in [-0.3, -0.25) is 4.28 Å². The van der Waals surface area contributed by atoms with Gasteiger partial charge in [0.05, 0.1) is 6.61 Å². The topological polar surface area (TPSA) is 102 Å². The van der Waals surface area contributed by atoms with Crippen molar-refractivity contribution < 1.29 is 49.3 Å². The Bertz CT molecular complexity index is 1090. The van der Waals surface area contributed by atoms with Crippen LogP contribution in [0.25, 0.3) is 0 Å². The van der Waals surface area contributed by atoms with Gasteiger partial charge in [-0.2, -0.15) is 30.4 Å². The molecule has 0 aliphatic heterocycles. The summed E-state index contributed by atoms with van der Waals surface area (Å²) < 4.78 is 101. The van der Waals surface area contributed by atoms with Gasteiger partial charge in [0.15, 0.2) is 5.71 Å². The van der Waals surface area contributed by atoms with Crippen LogP contribution in [0.3, 0.4) is 0 Å². The number of rotatable bonds is 8. The Labute approximate surface area is 198 Å². The normalized spacial score (nSPS) is 30.9. The van der Waals surface area contributed by atoms with Crippen molar-refractivity contribution in [2.45, 2.75) is 50.0 Å². The summed E-state index contributed by atoms with van der Waals surface area (Å²) >= 11 is 0. The summed E-state index contributed by atoms with van der Waals surface area (Å²) in [4.78, 5) is 12.1. The van der Waals surface area contributed by atoms with Crippen molar-refractivity contribution in [3.8, 4) is 0 Å². The lowest BCUT2D eigenvalue weighted by Crippen LogP contribution is -2.55. The second kappa shape index (κ2) is 8.68. The highest BCUT2D eigenvalue weighted by atomic mass is 32.2. The van der Waals surface area contributed by atoms with Gasteiger partial charge in [-0.1, -0.05) is 35.5 Å². The van der Waals surface area contributed by atoms with Crippen molar-refractivity contribution in [2.75, 3.05) is 13.2 Å². The Morgan fingerprint density at radius 2 is 1.60 bits per heavy atom. The minimum Gasteiger partial charge on any atom is -0.460 e. The van der Waals surface area contributed by atoms with E-state index in [4.69, 9.17) is 4.74 Å². The maximum absolute atomic E-state index is 14.5. The average molecular weight is 525 g/mol. The Balaban J connectivity index is 1.47. The van der Waals surface area contributed by atoms with Gasteiger partial charge >= 0.3 is 27.5 Å². The Morgan fingerprint density at radius 3 is 2.14 bits per heavy atom. The molecule has 0 amide bonds. The van der Waals surface area contributed by atoms with Crippen molar-refractivity contribution in [3.05, 3.63) is 35.9 Å². The molecule has 0 aromatic heterocycles. The Kier molecular flexibility index (Phi) is 6.40. The summed E-state index contributed by atoms with van der Waals surface area (Å²) in [5.41, 5.74) is -3.51. The highest BCUT2D eigenvalue weighted by molar-refractivity contribution is 7.88. The van der Waals surface area contributed by atoms with Crippen LogP contribution < -0.4 is 0 Å². The van der Waals surface area contributed by atoms with E-state index in [2.05, 4.69) is 9.44 Å². The number of oxime groups is 1. The highest BCUT2D eigenvalue weighted by Crippen LogP contribution is 2.65. The maximum Gasteiger partial charge on any atom is 0.478 e. The molecule has 4 aliphatic carbocycles. The van der Waals surface area contributed by atoms with Crippen molar-refractivity contribution in [3.63, 3.8) is 0 Å². The molecule has 1 N–H and O–H groups in total. The summed E-state index contributed by atoms with van der Waals surface area (Å²) in [6.07, 6.45) is -1.02. The quantitative estimate of drug-likeness (QED) is 0.238. The third kappa shape index (κ3) is 4.89. The molecule has 4 aliphatic rings. The largest absolute Gasteiger partial charge is 0.478 e. The minimum atomic E-state index is -6.25. The van der Waals surface area contributed by atoms with Gasteiger partial charge in [0, 0.05) is 17.6 Å². The number of alkyl halides is 5. The average Bonchev–Trinajstić information content (AvgIpc) is 2.76. The number of hydrogen-bond donors (Lipinski definition) is 1. The predicted molar refractivity (Wildman–Crippen MR) is 112 cm³/mol. The van der Waals surface area contributed by atoms with Gasteiger partial charge in [0.1, 0.15) is 0 Å². The summed E-state index contributed by atoms with van der Waals surface area (Å²) in [5.74, 6) is -1.94. The van der Waals surface area contributed by atoms with Gasteiger partial charge < -0.3 is 9.84 Å². The first-order valence-corrected chi connectivity index (χ1v) is 12.4. The molecule has 0 saturated heterocycles. The molecule has 1 aromatic carbocycles. The highest BCUT2D eigenvalue weighted by Gasteiger charge is 2.61. The van der Waals surface area contributed by atoms with Gasteiger partial charge in [0.2, 0.25) is 0 Å². The molecule has 7 nitrogen and oxygen atoms in total. The fourth-order valence-electron chi connectivity index (χ4n) is 6.41. The number of esters is 1. The standard InChI is InChI=1S/C22H24F5NO6S/c23-21(24,25)17(16-4-2-1-3-5-16)28-34-35(31,32)22(26,27)18(30)33-13-20-9-14-6-15(10-20)8-19(7-14,11-20)12-29/h1-5,14-15,29H,6-13H2/b28-17-. The van der Waals surface area contributed by atoms with Crippen LogP contribution in [0.4, 0.5) is 22.0 Å². The van der Waals surface area contributed by atoms with E-state index in [1.807, 2.05) is 0 Å². The van der Waals surface area contributed by atoms with Gasteiger partial charge in [0.25, 0.3) is 0 Å². The van der Waals surface area contributed by atoms with E-state index < -0.39 is 50.8 Å². The molecule has 4 fully saturated rings. The van der Waals surface area contributed by atoms with Crippen molar-refractivity contribution in [2.24, 2.45) is 27.8 Å². The second-order valence-corrected chi connectivity index (χ2v) is 11.6. The third-order valence-corrected chi connectivity index (χ3v) is 8.31. The van der Waals surface area contributed by atoms with Crippen LogP contribution in [0.1, 0.15) is 44.1 Å². The van der Waals surface area contributed by atoms with E-state index in [1.165, 1.54) is 18.2 Å². The smallest absolute Gasteiger partial charge is 0.460 e. The second-order valence-electron chi connectivity index (χ2n) is 10.0. The van der Waals surface area contributed by atoms with Crippen LogP contribution in [-0.4, -0.2) is 49.8 Å². The minimum absolute atomic E-state index is 0.0744. The molecule has 0 spiro atoms. The van der Waals surface area contributed by atoms with Crippen LogP contribution in [0.2, 0.25) is 0 Å². The summed E-state index contributed by atoms with van der Waals surface area (Å²) in [6.45, 7) is -0.554. The van der Waals surface area contributed by atoms with E-state index in [-0.39, 0.29) is 23.9 Å².